The molecule has 1 aromatic carbocycles. The fourth-order valence-electron chi connectivity index (χ4n) is 1.44. The van der Waals surface area contributed by atoms with Crippen molar-refractivity contribution >= 4 is 10.8 Å². The fraction of sp³-hybridized carbons (Fsp3) is 0.273. The molecule has 0 amide bonds. The third-order valence-corrected chi connectivity index (χ3v) is 2.10. The average Bonchev–Trinajstić information content (AvgIpc) is 2.49. The third-order valence-electron chi connectivity index (χ3n) is 2.10. The zero-order chi connectivity index (χ0) is 8.55. The van der Waals surface area contributed by atoms with Gasteiger partial charge in [0.1, 0.15) is 0 Å². The highest BCUT2D eigenvalue weighted by atomic mass is 16.3. The van der Waals surface area contributed by atoms with E-state index in [9.17, 15) is 0 Å². The summed E-state index contributed by atoms with van der Waals surface area (Å²) in [4.78, 5) is 0. The maximum absolute atomic E-state index is 5.03. The first-order chi connectivity index (χ1) is 5.79. The van der Waals surface area contributed by atoms with Gasteiger partial charge in [0.2, 0.25) is 0 Å². The van der Waals surface area contributed by atoms with Gasteiger partial charge in [-0.05, 0) is 11.5 Å². The molecule has 0 saturated heterocycles. The standard InChI is InChI=1S/C11H11O/c1-8(2)10-5-3-4-9-6-12-7-11(9)10/h3-6,8H,1-2H3. The lowest BCUT2D eigenvalue weighted by Crippen LogP contribution is -1.86. The van der Waals surface area contributed by atoms with Gasteiger partial charge >= 0.3 is 0 Å². The van der Waals surface area contributed by atoms with E-state index in [4.69, 9.17) is 4.42 Å². The quantitative estimate of drug-likeness (QED) is 0.621. The zero-order valence-electron chi connectivity index (χ0n) is 7.29. The lowest BCUT2D eigenvalue weighted by atomic mass is 9.99. The van der Waals surface area contributed by atoms with E-state index in [1.165, 1.54) is 5.56 Å². The van der Waals surface area contributed by atoms with Gasteiger partial charge in [0.25, 0.3) is 0 Å². The molecule has 0 aliphatic heterocycles. The van der Waals surface area contributed by atoms with Crippen molar-refractivity contribution in [1.29, 1.82) is 0 Å². The van der Waals surface area contributed by atoms with Crippen LogP contribution >= 0.6 is 0 Å². The molecule has 1 radical (unpaired) electrons. The molecule has 0 bridgehead atoms. The maximum Gasteiger partial charge on any atom is 0.177 e. The lowest BCUT2D eigenvalue weighted by molar-refractivity contribution is 0.563. The minimum atomic E-state index is 0.530. The molecule has 12 heavy (non-hydrogen) atoms. The van der Waals surface area contributed by atoms with E-state index < -0.39 is 0 Å². The van der Waals surface area contributed by atoms with Crippen LogP contribution in [0.15, 0.2) is 28.9 Å². The normalized spacial score (nSPS) is 11.2. The first-order valence-electron chi connectivity index (χ1n) is 4.17. The second-order valence-electron chi connectivity index (χ2n) is 3.30. The Morgan fingerprint density at radius 1 is 1.33 bits per heavy atom. The first kappa shape index (κ1) is 7.41. The molecule has 0 atom stereocenters. The van der Waals surface area contributed by atoms with Gasteiger partial charge in [-0.15, -0.1) is 0 Å². The van der Waals surface area contributed by atoms with Crippen molar-refractivity contribution in [2.24, 2.45) is 0 Å². The van der Waals surface area contributed by atoms with Crippen LogP contribution in [0.4, 0.5) is 0 Å². The van der Waals surface area contributed by atoms with Gasteiger partial charge in [0.15, 0.2) is 6.26 Å². The summed E-state index contributed by atoms with van der Waals surface area (Å²) in [5.74, 6) is 0.530. The van der Waals surface area contributed by atoms with Crippen LogP contribution in [-0.2, 0) is 0 Å². The van der Waals surface area contributed by atoms with Gasteiger partial charge < -0.3 is 4.42 Å². The Bertz CT molecular complexity index is 385. The average molecular weight is 159 g/mol. The van der Waals surface area contributed by atoms with E-state index in [-0.39, 0.29) is 0 Å². The summed E-state index contributed by atoms with van der Waals surface area (Å²) in [6.45, 7) is 4.35. The number of hydrogen-bond acceptors (Lipinski definition) is 1. The Morgan fingerprint density at radius 3 is 2.92 bits per heavy atom. The van der Waals surface area contributed by atoms with Gasteiger partial charge in [-0.3, -0.25) is 0 Å². The summed E-state index contributed by atoms with van der Waals surface area (Å²) < 4.78 is 5.03. The molecule has 2 rings (SSSR count). The predicted molar refractivity (Wildman–Crippen MR) is 49.1 cm³/mol. The summed E-state index contributed by atoms with van der Waals surface area (Å²) in [5.41, 5.74) is 1.31. The molecule has 0 N–H and O–H groups in total. The predicted octanol–water partition coefficient (Wildman–Crippen LogP) is 3.36. The summed E-state index contributed by atoms with van der Waals surface area (Å²) in [7, 11) is 0. The number of fused-ring (bicyclic) bond motifs is 1. The highest BCUT2D eigenvalue weighted by Gasteiger charge is 2.05. The summed E-state index contributed by atoms with van der Waals surface area (Å²) in [6, 6.07) is 6.22. The topological polar surface area (TPSA) is 13.1 Å². The molecular weight excluding hydrogens is 148 g/mol. The van der Waals surface area contributed by atoms with Crippen LogP contribution in [0, 0.1) is 6.26 Å². The molecule has 0 saturated carbocycles. The van der Waals surface area contributed by atoms with Gasteiger partial charge in [-0.25, -0.2) is 0 Å². The van der Waals surface area contributed by atoms with E-state index >= 15 is 0 Å². The zero-order valence-corrected chi connectivity index (χ0v) is 7.29. The number of furan rings is 1. The minimum Gasteiger partial charge on any atom is -0.460 e. The Hall–Kier alpha value is -1.24. The van der Waals surface area contributed by atoms with Crippen molar-refractivity contribution in [3.05, 3.63) is 36.3 Å². The number of benzene rings is 1. The van der Waals surface area contributed by atoms with Crippen molar-refractivity contribution < 1.29 is 4.42 Å². The van der Waals surface area contributed by atoms with E-state index in [0.717, 1.165) is 10.8 Å². The Labute approximate surface area is 72.0 Å². The van der Waals surface area contributed by atoms with Gasteiger partial charge in [0.05, 0.1) is 6.26 Å². The minimum absolute atomic E-state index is 0.530. The second kappa shape index (κ2) is 2.67. The van der Waals surface area contributed by atoms with E-state index in [1.807, 2.05) is 6.07 Å². The van der Waals surface area contributed by atoms with Crippen molar-refractivity contribution in [2.75, 3.05) is 0 Å². The van der Waals surface area contributed by atoms with Crippen molar-refractivity contribution in [3.8, 4) is 0 Å². The van der Waals surface area contributed by atoms with Crippen LogP contribution < -0.4 is 0 Å². The maximum atomic E-state index is 5.03. The van der Waals surface area contributed by atoms with Crippen LogP contribution in [0.2, 0.25) is 0 Å². The second-order valence-corrected chi connectivity index (χ2v) is 3.30. The SMILES string of the molecule is CC(C)c1cccc2co[c]c12. The molecule has 2 aromatic rings. The molecule has 1 heteroatoms. The number of rotatable bonds is 1. The van der Waals surface area contributed by atoms with Gasteiger partial charge in [0, 0.05) is 10.8 Å². The molecule has 0 aliphatic carbocycles. The van der Waals surface area contributed by atoms with Gasteiger partial charge in [-0.2, -0.15) is 0 Å². The van der Waals surface area contributed by atoms with Crippen LogP contribution in [-0.4, -0.2) is 0 Å². The molecule has 0 spiro atoms. The van der Waals surface area contributed by atoms with E-state index in [0.29, 0.717) is 5.92 Å². The lowest BCUT2D eigenvalue weighted by Gasteiger charge is -2.04. The van der Waals surface area contributed by atoms with Crippen molar-refractivity contribution in [2.45, 2.75) is 19.8 Å². The summed E-state index contributed by atoms with van der Waals surface area (Å²) in [5, 5.41) is 2.26. The molecule has 0 aliphatic rings. The van der Waals surface area contributed by atoms with Crippen LogP contribution in [0.3, 0.4) is 0 Å². The smallest absolute Gasteiger partial charge is 0.177 e. The van der Waals surface area contributed by atoms with Crippen LogP contribution in [0.5, 0.6) is 0 Å². The molecule has 0 unspecified atom stereocenters. The molecular formula is C11H11O. The Kier molecular flexibility index (Phi) is 1.65. The first-order valence-corrected chi connectivity index (χ1v) is 4.17. The Balaban J connectivity index is 2.73. The third kappa shape index (κ3) is 1.02. The fourth-order valence-corrected chi connectivity index (χ4v) is 1.44. The summed E-state index contributed by atoms with van der Waals surface area (Å²) in [6.07, 6.45) is 4.63. The van der Waals surface area contributed by atoms with Crippen LogP contribution in [0.1, 0.15) is 25.3 Å². The van der Waals surface area contributed by atoms with Crippen molar-refractivity contribution in [1.82, 2.24) is 0 Å². The van der Waals surface area contributed by atoms with Crippen LogP contribution in [0.25, 0.3) is 10.8 Å². The number of hydrogen-bond donors (Lipinski definition) is 0. The van der Waals surface area contributed by atoms with E-state index in [2.05, 4.69) is 32.2 Å². The monoisotopic (exact) mass is 159 g/mol. The Morgan fingerprint density at radius 2 is 2.17 bits per heavy atom. The molecule has 1 heterocycles. The highest BCUT2D eigenvalue weighted by molar-refractivity contribution is 5.84. The van der Waals surface area contributed by atoms with E-state index in [1.54, 1.807) is 6.26 Å². The molecule has 1 aromatic heterocycles. The molecule has 61 valence electrons. The largest absolute Gasteiger partial charge is 0.460 e. The molecule has 1 nitrogen and oxygen atoms in total. The van der Waals surface area contributed by atoms with Gasteiger partial charge in [-0.1, -0.05) is 32.0 Å². The van der Waals surface area contributed by atoms with Crippen molar-refractivity contribution in [3.63, 3.8) is 0 Å². The highest BCUT2D eigenvalue weighted by Crippen LogP contribution is 2.25. The summed E-state index contributed by atoms with van der Waals surface area (Å²) >= 11 is 0. The molecule has 0 fully saturated rings.